The molecule has 0 N–H and O–H groups in total. The minimum absolute atomic E-state index is 0.204. The van der Waals surface area contributed by atoms with E-state index in [2.05, 4.69) is 18.7 Å². The van der Waals surface area contributed by atoms with Gasteiger partial charge in [-0.25, -0.2) is 0 Å². The van der Waals surface area contributed by atoms with Gasteiger partial charge in [0.1, 0.15) is 0 Å². The largest absolute Gasteiger partial charge is 0.324 e. The van der Waals surface area contributed by atoms with Crippen LogP contribution in [0.4, 0.5) is 5.00 Å². The summed E-state index contributed by atoms with van der Waals surface area (Å²) >= 11 is 7.19. The van der Waals surface area contributed by atoms with Gasteiger partial charge < -0.3 is 0 Å². The van der Waals surface area contributed by atoms with E-state index in [0.29, 0.717) is 5.92 Å². The van der Waals surface area contributed by atoms with E-state index in [-0.39, 0.29) is 9.92 Å². The van der Waals surface area contributed by atoms with Crippen LogP contribution >= 0.6 is 22.9 Å². The summed E-state index contributed by atoms with van der Waals surface area (Å²) in [4.78, 5) is 13.9. The first-order chi connectivity index (χ1) is 10.9. The molecule has 2 rings (SSSR count). The Labute approximate surface area is 145 Å². The molecular formula is C17H21ClN2O2S. The molecule has 1 heterocycles. The fourth-order valence-corrected chi connectivity index (χ4v) is 3.26. The fraction of sp³-hybridized carbons (Fsp3) is 0.412. The second-order valence-corrected chi connectivity index (χ2v) is 7.60. The Bertz CT molecular complexity index is 640. The van der Waals surface area contributed by atoms with E-state index in [9.17, 15) is 10.1 Å². The lowest BCUT2D eigenvalue weighted by Gasteiger charge is -2.22. The zero-order chi connectivity index (χ0) is 16.8. The quantitative estimate of drug-likeness (QED) is 0.474. The predicted octanol–water partition coefficient (Wildman–Crippen LogP) is 5.36. The van der Waals surface area contributed by atoms with Crippen molar-refractivity contribution in [2.24, 2.45) is 5.92 Å². The predicted molar refractivity (Wildman–Crippen MR) is 96.0 cm³/mol. The van der Waals surface area contributed by atoms with E-state index in [1.54, 1.807) is 6.07 Å². The van der Waals surface area contributed by atoms with Gasteiger partial charge in [-0.15, -0.1) is 0 Å². The lowest BCUT2D eigenvalue weighted by atomic mass is 10.1. The molecule has 0 bridgehead atoms. The summed E-state index contributed by atoms with van der Waals surface area (Å²) < 4.78 is 0. The third kappa shape index (κ3) is 5.94. The van der Waals surface area contributed by atoms with Crippen LogP contribution in [0.2, 0.25) is 5.02 Å². The number of rotatable bonds is 8. The van der Waals surface area contributed by atoms with Gasteiger partial charge in [0.05, 0.1) is 4.92 Å². The van der Waals surface area contributed by atoms with Gasteiger partial charge in [-0.1, -0.05) is 48.9 Å². The maximum atomic E-state index is 10.8. The fourth-order valence-electron chi connectivity index (χ4n) is 2.27. The van der Waals surface area contributed by atoms with Crippen molar-refractivity contribution >= 4 is 27.9 Å². The van der Waals surface area contributed by atoms with Crippen LogP contribution in [0.15, 0.2) is 36.4 Å². The van der Waals surface area contributed by atoms with E-state index in [1.165, 1.54) is 16.9 Å². The molecule has 0 saturated carbocycles. The van der Waals surface area contributed by atoms with Crippen LogP contribution in [0.1, 0.15) is 30.7 Å². The van der Waals surface area contributed by atoms with Crippen LogP contribution in [0.5, 0.6) is 0 Å². The van der Waals surface area contributed by atoms with E-state index in [4.69, 9.17) is 11.6 Å². The molecule has 0 radical (unpaired) electrons. The molecule has 0 aliphatic carbocycles. The summed E-state index contributed by atoms with van der Waals surface area (Å²) in [6, 6.07) is 11.3. The van der Waals surface area contributed by atoms with Crippen molar-refractivity contribution in [2.75, 3.05) is 6.54 Å². The summed E-state index contributed by atoms with van der Waals surface area (Å²) in [6.07, 6.45) is 1.10. The van der Waals surface area contributed by atoms with Crippen molar-refractivity contribution in [3.05, 3.63) is 62.0 Å². The molecule has 4 nitrogen and oxygen atoms in total. The Balaban J connectivity index is 2.05. The zero-order valence-corrected chi connectivity index (χ0v) is 14.9. The molecular weight excluding hydrogens is 332 g/mol. The van der Waals surface area contributed by atoms with E-state index < -0.39 is 0 Å². The number of benzene rings is 1. The van der Waals surface area contributed by atoms with Crippen LogP contribution in [0, 0.1) is 16.0 Å². The average Bonchev–Trinajstić information content (AvgIpc) is 2.96. The summed E-state index contributed by atoms with van der Waals surface area (Å²) in [7, 11) is 0. The van der Waals surface area contributed by atoms with Crippen molar-refractivity contribution in [1.82, 2.24) is 4.90 Å². The number of halogens is 1. The highest BCUT2D eigenvalue weighted by Gasteiger charge is 2.14. The Hall–Kier alpha value is -1.43. The van der Waals surface area contributed by atoms with Gasteiger partial charge in [0.2, 0.25) is 0 Å². The number of hydrogen-bond donors (Lipinski definition) is 0. The summed E-state index contributed by atoms with van der Waals surface area (Å²) in [5.41, 5.74) is 1.20. The molecule has 0 aliphatic rings. The molecule has 0 atom stereocenters. The van der Waals surface area contributed by atoms with E-state index in [0.717, 1.165) is 36.0 Å². The van der Waals surface area contributed by atoms with Crippen LogP contribution in [-0.4, -0.2) is 16.4 Å². The molecule has 0 spiro atoms. The molecule has 1 aromatic carbocycles. The highest BCUT2D eigenvalue weighted by Crippen LogP contribution is 2.26. The maximum absolute atomic E-state index is 10.8. The Morgan fingerprint density at radius 2 is 1.87 bits per heavy atom. The van der Waals surface area contributed by atoms with Crippen molar-refractivity contribution in [1.29, 1.82) is 0 Å². The van der Waals surface area contributed by atoms with E-state index >= 15 is 0 Å². The SMILES string of the molecule is CC(C)CCN(Cc1ccc(Cl)cc1)Cc1ccc([N+](=O)[O-])s1. The van der Waals surface area contributed by atoms with Crippen LogP contribution in [0.3, 0.4) is 0 Å². The molecule has 124 valence electrons. The third-order valence-electron chi connectivity index (χ3n) is 3.55. The molecule has 1 aromatic heterocycles. The standard InChI is InChI=1S/C17H21ClN2O2S/c1-13(2)9-10-19(11-14-3-5-15(18)6-4-14)12-16-7-8-17(23-16)20(21)22/h3-8,13H,9-12H2,1-2H3. The average molecular weight is 353 g/mol. The molecule has 0 amide bonds. The van der Waals surface area contributed by atoms with Crippen LogP contribution in [0.25, 0.3) is 0 Å². The number of hydrogen-bond acceptors (Lipinski definition) is 4. The number of nitro groups is 1. The highest BCUT2D eigenvalue weighted by molar-refractivity contribution is 7.15. The molecule has 0 fully saturated rings. The summed E-state index contributed by atoms with van der Waals surface area (Å²) in [5, 5.41) is 11.8. The monoisotopic (exact) mass is 352 g/mol. The minimum Gasteiger partial charge on any atom is -0.294 e. The normalized spacial score (nSPS) is 11.3. The third-order valence-corrected chi connectivity index (χ3v) is 4.82. The zero-order valence-electron chi connectivity index (χ0n) is 13.4. The van der Waals surface area contributed by atoms with Crippen molar-refractivity contribution in [3.63, 3.8) is 0 Å². The Morgan fingerprint density at radius 1 is 1.17 bits per heavy atom. The van der Waals surface area contributed by atoms with Crippen LogP contribution < -0.4 is 0 Å². The molecule has 6 heteroatoms. The number of thiophene rings is 1. The molecule has 2 aromatic rings. The molecule has 0 aliphatic heterocycles. The lowest BCUT2D eigenvalue weighted by Crippen LogP contribution is -2.24. The van der Waals surface area contributed by atoms with Gasteiger partial charge in [-0.3, -0.25) is 15.0 Å². The first-order valence-corrected chi connectivity index (χ1v) is 8.83. The molecule has 23 heavy (non-hydrogen) atoms. The first kappa shape index (κ1) is 17.9. The number of nitrogens with zero attached hydrogens (tertiary/aromatic N) is 2. The van der Waals surface area contributed by atoms with Gasteiger partial charge in [0, 0.05) is 29.1 Å². The van der Waals surface area contributed by atoms with Crippen molar-refractivity contribution < 1.29 is 4.92 Å². The van der Waals surface area contributed by atoms with Crippen molar-refractivity contribution in [3.8, 4) is 0 Å². The Morgan fingerprint density at radius 3 is 2.43 bits per heavy atom. The maximum Gasteiger partial charge on any atom is 0.324 e. The van der Waals surface area contributed by atoms with E-state index in [1.807, 2.05) is 30.3 Å². The second-order valence-electron chi connectivity index (χ2n) is 6.02. The molecule has 0 unspecified atom stereocenters. The van der Waals surface area contributed by atoms with Crippen LogP contribution in [-0.2, 0) is 13.1 Å². The lowest BCUT2D eigenvalue weighted by molar-refractivity contribution is -0.380. The minimum atomic E-state index is -0.328. The van der Waals surface area contributed by atoms with Gasteiger partial charge in [-0.2, -0.15) is 0 Å². The smallest absolute Gasteiger partial charge is 0.294 e. The summed E-state index contributed by atoms with van der Waals surface area (Å²) in [5.74, 6) is 0.625. The van der Waals surface area contributed by atoms with Gasteiger partial charge in [0.15, 0.2) is 0 Å². The highest BCUT2D eigenvalue weighted by atomic mass is 35.5. The van der Waals surface area contributed by atoms with Gasteiger partial charge >= 0.3 is 5.00 Å². The summed E-state index contributed by atoms with van der Waals surface area (Å²) in [6.45, 7) is 6.92. The Kier molecular flexibility index (Phi) is 6.57. The van der Waals surface area contributed by atoms with Crippen molar-refractivity contribution in [2.45, 2.75) is 33.4 Å². The van der Waals surface area contributed by atoms with Gasteiger partial charge in [0.25, 0.3) is 0 Å². The topological polar surface area (TPSA) is 46.4 Å². The molecule has 0 saturated heterocycles. The van der Waals surface area contributed by atoms with Gasteiger partial charge in [-0.05, 0) is 42.6 Å². The first-order valence-electron chi connectivity index (χ1n) is 7.64. The second kappa shape index (κ2) is 8.43.